The Balaban J connectivity index is 1.41. The molecule has 0 aromatic heterocycles. The number of methoxy groups -OCH3 is 2. The lowest BCUT2D eigenvalue weighted by atomic mass is 10.0. The van der Waals surface area contributed by atoms with E-state index >= 15 is 0 Å². The monoisotopic (exact) mass is 461 g/mol. The van der Waals surface area contributed by atoms with Crippen LogP contribution in [0.15, 0.2) is 66.7 Å². The number of hydrogen-bond donors (Lipinski definition) is 2. The van der Waals surface area contributed by atoms with Gasteiger partial charge >= 0.3 is 0 Å². The summed E-state index contributed by atoms with van der Waals surface area (Å²) in [6.07, 6.45) is 0. The van der Waals surface area contributed by atoms with Crippen LogP contribution in [0, 0.1) is 0 Å². The number of rotatable bonds is 8. The summed E-state index contributed by atoms with van der Waals surface area (Å²) >= 11 is 0. The SMILES string of the molecule is COc1ccc(-c2cc(N[C@H](C)C(=O)Nc3ccc(N4CCOCC4)cc3)ccc2OC)cc1. The minimum absolute atomic E-state index is 0.110. The molecule has 0 bridgehead atoms. The van der Waals surface area contributed by atoms with Crippen LogP contribution in [0.5, 0.6) is 11.5 Å². The summed E-state index contributed by atoms with van der Waals surface area (Å²) < 4.78 is 16.2. The molecule has 1 aliphatic rings. The number of morpholine rings is 1. The quantitative estimate of drug-likeness (QED) is 0.509. The Morgan fingerprint density at radius 3 is 2.24 bits per heavy atom. The van der Waals surface area contributed by atoms with Gasteiger partial charge in [0.15, 0.2) is 0 Å². The number of nitrogens with zero attached hydrogens (tertiary/aromatic N) is 1. The second-order valence-electron chi connectivity index (χ2n) is 8.15. The second-order valence-corrected chi connectivity index (χ2v) is 8.15. The molecule has 1 fully saturated rings. The minimum atomic E-state index is -0.434. The van der Waals surface area contributed by atoms with Crippen molar-refractivity contribution in [3.05, 3.63) is 66.7 Å². The average Bonchev–Trinajstić information content (AvgIpc) is 2.89. The molecule has 1 amide bonds. The van der Waals surface area contributed by atoms with Crippen LogP contribution < -0.4 is 25.0 Å². The maximum Gasteiger partial charge on any atom is 0.246 e. The predicted octanol–water partition coefficient (Wildman–Crippen LogP) is 4.65. The zero-order valence-electron chi connectivity index (χ0n) is 19.8. The summed E-state index contributed by atoms with van der Waals surface area (Å²) in [5.41, 5.74) is 4.67. The molecule has 4 rings (SSSR count). The molecule has 7 heteroatoms. The number of anilines is 3. The average molecular weight is 462 g/mol. The zero-order valence-corrected chi connectivity index (χ0v) is 19.8. The summed E-state index contributed by atoms with van der Waals surface area (Å²) in [5.74, 6) is 1.44. The molecular formula is C27H31N3O4. The van der Waals surface area contributed by atoms with Crippen molar-refractivity contribution in [1.82, 2.24) is 0 Å². The van der Waals surface area contributed by atoms with E-state index in [0.29, 0.717) is 0 Å². The van der Waals surface area contributed by atoms with E-state index < -0.39 is 6.04 Å². The van der Waals surface area contributed by atoms with E-state index in [0.717, 1.165) is 66.0 Å². The van der Waals surface area contributed by atoms with E-state index in [2.05, 4.69) is 15.5 Å². The van der Waals surface area contributed by atoms with Gasteiger partial charge in [-0.25, -0.2) is 0 Å². The summed E-state index contributed by atoms with van der Waals surface area (Å²) in [5, 5.41) is 6.28. The van der Waals surface area contributed by atoms with Crippen molar-refractivity contribution in [2.75, 3.05) is 56.1 Å². The molecule has 178 valence electrons. The van der Waals surface area contributed by atoms with Gasteiger partial charge in [0.25, 0.3) is 0 Å². The summed E-state index contributed by atoms with van der Waals surface area (Å²) in [6.45, 7) is 5.09. The fourth-order valence-corrected chi connectivity index (χ4v) is 3.94. The fraction of sp³-hybridized carbons (Fsp3) is 0.296. The Kier molecular flexibility index (Phi) is 7.54. The normalized spacial score (nSPS) is 14.3. The van der Waals surface area contributed by atoms with E-state index in [4.69, 9.17) is 14.2 Å². The first-order valence-corrected chi connectivity index (χ1v) is 11.4. The molecule has 2 N–H and O–H groups in total. The Labute approximate surface area is 200 Å². The van der Waals surface area contributed by atoms with Crippen molar-refractivity contribution >= 4 is 23.0 Å². The molecule has 3 aromatic rings. The first kappa shape index (κ1) is 23.4. The molecule has 0 saturated carbocycles. The van der Waals surface area contributed by atoms with E-state index in [1.165, 1.54) is 0 Å². The van der Waals surface area contributed by atoms with Crippen LogP contribution in [-0.4, -0.2) is 52.5 Å². The number of nitrogens with one attached hydrogen (secondary N) is 2. The molecule has 7 nitrogen and oxygen atoms in total. The number of carbonyl (C=O) groups excluding carboxylic acids is 1. The molecule has 0 unspecified atom stereocenters. The van der Waals surface area contributed by atoms with Gasteiger partial charge in [0.05, 0.1) is 27.4 Å². The smallest absolute Gasteiger partial charge is 0.246 e. The Morgan fingerprint density at radius 1 is 0.912 bits per heavy atom. The largest absolute Gasteiger partial charge is 0.497 e. The van der Waals surface area contributed by atoms with Crippen LogP contribution in [0.3, 0.4) is 0 Å². The Bertz CT molecular complexity index is 1090. The number of carbonyl (C=O) groups is 1. The Morgan fingerprint density at radius 2 is 1.59 bits per heavy atom. The van der Waals surface area contributed by atoms with E-state index in [9.17, 15) is 4.79 Å². The third-order valence-electron chi connectivity index (χ3n) is 5.89. The van der Waals surface area contributed by atoms with Gasteiger partial charge in [0, 0.05) is 35.7 Å². The lowest BCUT2D eigenvalue weighted by molar-refractivity contribution is -0.116. The van der Waals surface area contributed by atoms with Gasteiger partial charge in [-0.05, 0) is 67.1 Å². The van der Waals surface area contributed by atoms with Gasteiger partial charge < -0.3 is 29.7 Å². The van der Waals surface area contributed by atoms with E-state index in [-0.39, 0.29) is 5.91 Å². The first-order chi connectivity index (χ1) is 16.6. The van der Waals surface area contributed by atoms with Gasteiger partial charge in [-0.1, -0.05) is 12.1 Å². The van der Waals surface area contributed by atoms with E-state index in [1.807, 2.05) is 73.7 Å². The highest BCUT2D eigenvalue weighted by Crippen LogP contribution is 2.33. The third-order valence-corrected chi connectivity index (χ3v) is 5.89. The zero-order chi connectivity index (χ0) is 23.9. The number of ether oxygens (including phenoxy) is 3. The number of hydrogen-bond acceptors (Lipinski definition) is 6. The van der Waals surface area contributed by atoms with Crippen molar-refractivity contribution in [2.24, 2.45) is 0 Å². The van der Waals surface area contributed by atoms with Crippen LogP contribution in [0.2, 0.25) is 0 Å². The lowest BCUT2D eigenvalue weighted by Gasteiger charge is -2.29. The van der Waals surface area contributed by atoms with Crippen LogP contribution in [-0.2, 0) is 9.53 Å². The molecule has 0 spiro atoms. The maximum absolute atomic E-state index is 12.8. The standard InChI is InChI=1S/C27H31N3O4/c1-19(27(31)29-21-6-9-23(10-7-21)30-14-16-34-17-15-30)28-22-8-13-26(33-3)25(18-22)20-4-11-24(32-2)12-5-20/h4-13,18-19,28H,14-17H2,1-3H3,(H,29,31)/t19-/m1/s1. The number of amides is 1. The minimum Gasteiger partial charge on any atom is -0.497 e. The molecule has 0 aliphatic carbocycles. The summed E-state index contributed by atoms with van der Waals surface area (Å²) in [7, 11) is 3.29. The van der Waals surface area contributed by atoms with Crippen molar-refractivity contribution in [3.8, 4) is 22.6 Å². The second kappa shape index (κ2) is 10.9. The maximum atomic E-state index is 12.8. The van der Waals surface area contributed by atoms with Crippen molar-refractivity contribution in [2.45, 2.75) is 13.0 Å². The van der Waals surface area contributed by atoms with Crippen LogP contribution >= 0.6 is 0 Å². The molecule has 0 radical (unpaired) electrons. The van der Waals surface area contributed by atoms with Crippen molar-refractivity contribution < 1.29 is 19.0 Å². The van der Waals surface area contributed by atoms with Crippen molar-refractivity contribution in [1.29, 1.82) is 0 Å². The van der Waals surface area contributed by atoms with Crippen LogP contribution in [0.25, 0.3) is 11.1 Å². The van der Waals surface area contributed by atoms with Gasteiger partial charge in [0.1, 0.15) is 17.5 Å². The Hall–Kier alpha value is -3.71. The summed E-state index contributed by atoms with van der Waals surface area (Å²) in [6, 6.07) is 21.1. The third kappa shape index (κ3) is 5.61. The van der Waals surface area contributed by atoms with Gasteiger partial charge in [-0.15, -0.1) is 0 Å². The highest BCUT2D eigenvalue weighted by Gasteiger charge is 2.16. The molecule has 1 aliphatic heterocycles. The molecule has 3 aromatic carbocycles. The van der Waals surface area contributed by atoms with Crippen LogP contribution in [0.1, 0.15) is 6.92 Å². The molecule has 1 saturated heterocycles. The predicted molar refractivity (Wildman–Crippen MR) is 136 cm³/mol. The fourth-order valence-electron chi connectivity index (χ4n) is 3.94. The lowest BCUT2D eigenvalue weighted by Crippen LogP contribution is -2.36. The van der Waals surface area contributed by atoms with Gasteiger partial charge in [-0.2, -0.15) is 0 Å². The van der Waals surface area contributed by atoms with Gasteiger partial charge in [-0.3, -0.25) is 4.79 Å². The molecule has 34 heavy (non-hydrogen) atoms. The molecular weight excluding hydrogens is 430 g/mol. The molecule has 1 heterocycles. The van der Waals surface area contributed by atoms with Gasteiger partial charge in [0.2, 0.25) is 5.91 Å². The van der Waals surface area contributed by atoms with E-state index in [1.54, 1.807) is 14.2 Å². The first-order valence-electron chi connectivity index (χ1n) is 11.4. The molecule has 1 atom stereocenters. The highest BCUT2D eigenvalue weighted by atomic mass is 16.5. The topological polar surface area (TPSA) is 72.1 Å². The van der Waals surface area contributed by atoms with Crippen LogP contribution in [0.4, 0.5) is 17.1 Å². The summed E-state index contributed by atoms with van der Waals surface area (Å²) in [4.78, 5) is 15.1. The highest BCUT2D eigenvalue weighted by molar-refractivity contribution is 5.96. The van der Waals surface area contributed by atoms with Crippen molar-refractivity contribution in [3.63, 3.8) is 0 Å². The number of benzene rings is 3.